The summed E-state index contributed by atoms with van der Waals surface area (Å²) >= 11 is 0. The van der Waals surface area contributed by atoms with E-state index in [1.165, 1.54) is 6.07 Å². The molecule has 0 aliphatic carbocycles. The third-order valence-electron chi connectivity index (χ3n) is 6.39. The molecule has 2 bridgehead atoms. The number of benzene rings is 2. The lowest BCUT2D eigenvalue weighted by atomic mass is 10.2. The summed E-state index contributed by atoms with van der Waals surface area (Å²) < 4.78 is 14.6. The van der Waals surface area contributed by atoms with Gasteiger partial charge in [-0.05, 0) is 56.3 Å². The highest BCUT2D eigenvalue weighted by Crippen LogP contribution is 2.35. The predicted octanol–water partition coefficient (Wildman–Crippen LogP) is 3.80. The van der Waals surface area contributed by atoms with Crippen molar-refractivity contribution in [3.8, 4) is 0 Å². The Balaban J connectivity index is 1.36. The fourth-order valence-electron chi connectivity index (χ4n) is 4.60. The average Bonchev–Trinajstić information content (AvgIpc) is 3.37. The topological polar surface area (TPSA) is 76.6 Å². The fourth-order valence-corrected chi connectivity index (χ4v) is 4.60. The van der Waals surface area contributed by atoms with Gasteiger partial charge in [0.1, 0.15) is 11.6 Å². The van der Waals surface area contributed by atoms with Crippen LogP contribution in [0, 0.1) is 12.7 Å². The number of likely N-dealkylation sites (tertiary alicyclic amines) is 1. The SMILES string of the molecule is Cc1cnc(Nc2cc(N3C[C@@H]4C[C@H]3CN4C)ccc2F)nc1Nc1cccc(CO)c1. The Morgan fingerprint density at radius 3 is 2.75 bits per heavy atom. The molecule has 2 fully saturated rings. The molecule has 2 atom stereocenters. The molecule has 3 heterocycles. The summed E-state index contributed by atoms with van der Waals surface area (Å²) in [6, 6.07) is 13.7. The summed E-state index contributed by atoms with van der Waals surface area (Å²) in [6.07, 6.45) is 2.86. The zero-order valence-electron chi connectivity index (χ0n) is 18.2. The van der Waals surface area contributed by atoms with Crippen LogP contribution in [0.15, 0.2) is 48.7 Å². The highest BCUT2D eigenvalue weighted by molar-refractivity contribution is 5.66. The summed E-state index contributed by atoms with van der Waals surface area (Å²) in [5.41, 5.74) is 3.85. The number of likely N-dealkylation sites (N-methyl/N-ethyl adjacent to an activating group) is 1. The van der Waals surface area contributed by atoms with Crippen molar-refractivity contribution >= 4 is 28.8 Å². The number of halogens is 1. The summed E-state index contributed by atoms with van der Waals surface area (Å²) in [4.78, 5) is 13.7. The van der Waals surface area contributed by atoms with Crippen LogP contribution in [0.2, 0.25) is 0 Å². The van der Waals surface area contributed by atoms with Crippen molar-refractivity contribution < 1.29 is 9.50 Å². The number of hydrogen-bond donors (Lipinski definition) is 3. The Labute approximate surface area is 186 Å². The maximum atomic E-state index is 14.6. The van der Waals surface area contributed by atoms with E-state index in [9.17, 15) is 9.50 Å². The van der Waals surface area contributed by atoms with Crippen LogP contribution in [0.5, 0.6) is 0 Å². The lowest BCUT2D eigenvalue weighted by Crippen LogP contribution is -2.44. The van der Waals surface area contributed by atoms with Gasteiger partial charge in [-0.25, -0.2) is 9.37 Å². The van der Waals surface area contributed by atoms with E-state index >= 15 is 0 Å². The van der Waals surface area contributed by atoms with E-state index < -0.39 is 0 Å². The van der Waals surface area contributed by atoms with Crippen LogP contribution in [0.25, 0.3) is 0 Å². The highest BCUT2D eigenvalue weighted by Gasteiger charge is 2.41. The molecule has 8 heteroatoms. The zero-order valence-corrected chi connectivity index (χ0v) is 18.2. The molecule has 5 rings (SSSR count). The molecule has 32 heavy (non-hydrogen) atoms. The second-order valence-electron chi connectivity index (χ2n) is 8.63. The summed E-state index contributed by atoms with van der Waals surface area (Å²) in [6.45, 7) is 3.88. The minimum Gasteiger partial charge on any atom is -0.392 e. The normalized spacial score (nSPS) is 20.1. The van der Waals surface area contributed by atoms with Crippen LogP contribution in [0.3, 0.4) is 0 Å². The van der Waals surface area contributed by atoms with Crippen LogP contribution in [-0.2, 0) is 6.61 Å². The predicted molar refractivity (Wildman–Crippen MR) is 124 cm³/mol. The first kappa shape index (κ1) is 20.7. The largest absolute Gasteiger partial charge is 0.392 e. The number of aromatic nitrogens is 2. The number of rotatable bonds is 6. The van der Waals surface area contributed by atoms with Crippen LogP contribution >= 0.6 is 0 Å². The molecule has 1 aromatic heterocycles. The van der Waals surface area contributed by atoms with Gasteiger partial charge < -0.3 is 20.6 Å². The number of aliphatic hydroxyl groups excluding tert-OH is 1. The van der Waals surface area contributed by atoms with E-state index in [1.54, 1.807) is 6.20 Å². The average molecular weight is 435 g/mol. The number of aliphatic hydroxyl groups is 1. The van der Waals surface area contributed by atoms with E-state index in [4.69, 9.17) is 0 Å². The van der Waals surface area contributed by atoms with E-state index in [0.717, 1.165) is 42.0 Å². The zero-order chi connectivity index (χ0) is 22.2. The summed E-state index contributed by atoms with van der Waals surface area (Å²) in [7, 11) is 2.17. The number of fused-ring (bicyclic) bond motifs is 2. The number of hydrogen-bond acceptors (Lipinski definition) is 7. The third-order valence-corrected chi connectivity index (χ3v) is 6.39. The Kier molecular flexibility index (Phi) is 5.40. The molecular weight excluding hydrogens is 407 g/mol. The van der Waals surface area contributed by atoms with Crippen molar-refractivity contribution in [2.45, 2.75) is 32.0 Å². The van der Waals surface area contributed by atoms with Crippen molar-refractivity contribution in [2.75, 3.05) is 35.7 Å². The van der Waals surface area contributed by atoms with Crippen molar-refractivity contribution in [1.29, 1.82) is 0 Å². The first-order valence-electron chi connectivity index (χ1n) is 10.8. The van der Waals surface area contributed by atoms with Gasteiger partial charge in [-0.1, -0.05) is 12.1 Å². The van der Waals surface area contributed by atoms with Gasteiger partial charge in [0.05, 0.1) is 12.3 Å². The molecule has 2 aromatic carbocycles. The molecule has 2 aliphatic rings. The lowest BCUT2D eigenvalue weighted by molar-refractivity contribution is 0.282. The first-order valence-corrected chi connectivity index (χ1v) is 10.8. The van der Waals surface area contributed by atoms with Gasteiger partial charge in [-0.3, -0.25) is 4.90 Å². The highest BCUT2D eigenvalue weighted by atomic mass is 19.1. The molecule has 0 amide bonds. The second-order valence-corrected chi connectivity index (χ2v) is 8.63. The second kappa shape index (κ2) is 8.37. The van der Waals surface area contributed by atoms with Crippen LogP contribution in [0.1, 0.15) is 17.5 Å². The van der Waals surface area contributed by atoms with Gasteiger partial charge in [-0.2, -0.15) is 4.98 Å². The number of nitrogens with one attached hydrogen (secondary N) is 2. The van der Waals surface area contributed by atoms with E-state index in [2.05, 4.69) is 37.4 Å². The van der Waals surface area contributed by atoms with Crippen molar-refractivity contribution in [3.63, 3.8) is 0 Å². The maximum Gasteiger partial charge on any atom is 0.229 e. The van der Waals surface area contributed by atoms with Gasteiger partial charge in [0.25, 0.3) is 0 Å². The van der Waals surface area contributed by atoms with Gasteiger partial charge in [0, 0.05) is 48.3 Å². The molecule has 2 saturated heterocycles. The number of nitrogens with zero attached hydrogens (tertiary/aromatic N) is 4. The van der Waals surface area contributed by atoms with Gasteiger partial charge in [0.15, 0.2) is 0 Å². The molecule has 7 nitrogen and oxygen atoms in total. The molecule has 0 saturated carbocycles. The van der Waals surface area contributed by atoms with Crippen molar-refractivity contribution in [2.24, 2.45) is 0 Å². The molecule has 0 spiro atoms. The lowest BCUT2D eigenvalue weighted by Gasteiger charge is -2.33. The molecule has 0 unspecified atom stereocenters. The number of piperazine rings is 1. The molecular formula is C24H27FN6O. The van der Waals surface area contributed by atoms with Crippen LogP contribution < -0.4 is 15.5 Å². The van der Waals surface area contributed by atoms with Crippen LogP contribution in [-0.4, -0.2) is 52.2 Å². The van der Waals surface area contributed by atoms with E-state index in [0.29, 0.717) is 29.5 Å². The molecule has 0 radical (unpaired) electrons. The Morgan fingerprint density at radius 2 is 2.00 bits per heavy atom. The molecule has 3 N–H and O–H groups in total. The van der Waals surface area contributed by atoms with Crippen molar-refractivity contribution in [1.82, 2.24) is 14.9 Å². The third kappa shape index (κ3) is 3.99. The summed E-state index contributed by atoms with van der Waals surface area (Å²) in [5.74, 6) is 0.591. The Morgan fingerprint density at radius 1 is 1.12 bits per heavy atom. The number of aryl methyl sites for hydroxylation is 1. The monoisotopic (exact) mass is 434 g/mol. The van der Waals surface area contributed by atoms with Gasteiger partial charge in [0.2, 0.25) is 5.95 Å². The molecule has 3 aromatic rings. The van der Waals surface area contributed by atoms with Gasteiger partial charge >= 0.3 is 0 Å². The maximum absolute atomic E-state index is 14.6. The smallest absolute Gasteiger partial charge is 0.229 e. The quantitative estimate of drug-likeness (QED) is 0.545. The van der Waals surface area contributed by atoms with E-state index in [1.807, 2.05) is 43.3 Å². The molecule has 2 aliphatic heterocycles. The Bertz CT molecular complexity index is 1140. The standard InChI is InChI=1S/C24H27FN6O/c1-15-11-26-24(29-23(15)27-17-5-3-4-16(8-17)14-32)28-22-10-18(6-7-21(22)25)31-13-19-9-20(31)12-30(19)2/h3-8,10-11,19-20,32H,9,12-14H2,1-2H3,(H2,26,27,28,29)/t19-,20-/m0/s1. The fraction of sp³-hybridized carbons (Fsp3) is 0.333. The van der Waals surface area contributed by atoms with Gasteiger partial charge in [-0.15, -0.1) is 0 Å². The van der Waals surface area contributed by atoms with Crippen LogP contribution in [0.4, 0.5) is 33.2 Å². The molecule has 166 valence electrons. The number of anilines is 5. The van der Waals surface area contributed by atoms with E-state index in [-0.39, 0.29) is 12.4 Å². The van der Waals surface area contributed by atoms with Crippen molar-refractivity contribution in [3.05, 3.63) is 65.6 Å². The first-order chi connectivity index (χ1) is 15.5. The Hall–Kier alpha value is -3.23. The minimum absolute atomic E-state index is 0.0321. The summed E-state index contributed by atoms with van der Waals surface area (Å²) in [5, 5.41) is 15.7. The minimum atomic E-state index is -0.343.